The van der Waals surface area contributed by atoms with Gasteiger partial charge in [0.25, 0.3) is 5.69 Å². The number of esters is 1. The van der Waals surface area contributed by atoms with Crippen molar-refractivity contribution in [2.24, 2.45) is 0 Å². The molecule has 0 atom stereocenters. The molecule has 0 aromatic heterocycles. The lowest BCUT2D eigenvalue weighted by molar-refractivity contribution is -0.385. The van der Waals surface area contributed by atoms with E-state index in [1.54, 1.807) is 12.1 Å². The Morgan fingerprint density at radius 3 is 2.80 bits per heavy atom. The third kappa shape index (κ3) is 3.32. The molecule has 0 saturated heterocycles. The van der Waals surface area contributed by atoms with Gasteiger partial charge in [0, 0.05) is 17.5 Å². The minimum Gasteiger partial charge on any atom is -0.461 e. The fraction of sp³-hybridized carbons (Fsp3) is 0.222. The Morgan fingerprint density at radius 1 is 1.60 bits per heavy atom. The lowest BCUT2D eigenvalue weighted by Gasteiger charge is -2.03. The molecule has 0 bridgehead atoms. The summed E-state index contributed by atoms with van der Waals surface area (Å²) in [6, 6.07) is 4.58. The van der Waals surface area contributed by atoms with E-state index in [-0.39, 0.29) is 12.3 Å². The third-order valence-electron chi connectivity index (χ3n) is 1.67. The van der Waals surface area contributed by atoms with Crippen LogP contribution in [0.1, 0.15) is 12.5 Å². The highest BCUT2D eigenvalue weighted by Gasteiger charge is 2.14. The van der Waals surface area contributed by atoms with Crippen LogP contribution in [0.25, 0.3) is 0 Å². The third-order valence-corrected chi connectivity index (χ3v) is 2.17. The van der Waals surface area contributed by atoms with E-state index in [2.05, 4.69) is 15.9 Å². The summed E-state index contributed by atoms with van der Waals surface area (Å²) in [6.45, 7) is 1.17. The molecule has 0 aliphatic heterocycles. The number of halogens is 1. The van der Waals surface area contributed by atoms with E-state index in [1.807, 2.05) is 0 Å². The van der Waals surface area contributed by atoms with Crippen molar-refractivity contribution in [1.29, 1.82) is 0 Å². The van der Waals surface area contributed by atoms with E-state index >= 15 is 0 Å². The summed E-state index contributed by atoms with van der Waals surface area (Å²) in [5.41, 5.74) is 0.309. The zero-order chi connectivity index (χ0) is 11.4. The molecular formula is C9H8BrNO4. The van der Waals surface area contributed by atoms with Gasteiger partial charge >= 0.3 is 5.97 Å². The van der Waals surface area contributed by atoms with Crippen molar-refractivity contribution in [3.8, 4) is 0 Å². The fourth-order valence-corrected chi connectivity index (χ4v) is 1.36. The lowest BCUT2D eigenvalue weighted by atomic mass is 10.2. The molecule has 0 spiro atoms. The van der Waals surface area contributed by atoms with Crippen LogP contribution in [0.4, 0.5) is 5.69 Å². The van der Waals surface area contributed by atoms with Gasteiger partial charge in [-0.1, -0.05) is 15.9 Å². The Kier molecular flexibility index (Phi) is 3.79. The largest absolute Gasteiger partial charge is 0.461 e. The first-order chi connectivity index (χ1) is 7.00. The number of carbonyl (C=O) groups excluding carboxylic acids is 1. The molecule has 0 radical (unpaired) electrons. The van der Waals surface area contributed by atoms with E-state index in [0.717, 1.165) is 0 Å². The Labute approximate surface area is 94.3 Å². The number of ether oxygens (including phenoxy) is 1. The number of nitro groups is 1. The van der Waals surface area contributed by atoms with Gasteiger partial charge in [0.2, 0.25) is 0 Å². The predicted octanol–water partition coefficient (Wildman–Crippen LogP) is 2.42. The van der Waals surface area contributed by atoms with E-state index in [1.165, 1.54) is 13.0 Å². The highest BCUT2D eigenvalue weighted by atomic mass is 79.9. The average Bonchev–Trinajstić information content (AvgIpc) is 2.15. The van der Waals surface area contributed by atoms with Gasteiger partial charge in [0.05, 0.1) is 10.5 Å². The maximum atomic E-state index is 10.7. The summed E-state index contributed by atoms with van der Waals surface area (Å²) in [5.74, 6) is -0.466. The molecule has 0 fully saturated rings. The molecule has 0 aliphatic carbocycles. The van der Waals surface area contributed by atoms with Crippen molar-refractivity contribution in [3.05, 3.63) is 38.3 Å². The summed E-state index contributed by atoms with van der Waals surface area (Å²) in [4.78, 5) is 20.7. The number of hydrogen-bond donors (Lipinski definition) is 0. The summed E-state index contributed by atoms with van der Waals surface area (Å²) >= 11 is 3.13. The summed E-state index contributed by atoms with van der Waals surface area (Å²) in [6.07, 6.45) is 0. The minimum absolute atomic E-state index is 0.0642. The molecule has 0 amide bonds. The Bertz CT molecular complexity index is 405. The van der Waals surface area contributed by atoms with Crippen LogP contribution in [0.15, 0.2) is 22.7 Å². The van der Waals surface area contributed by atoms with Gasteiger partial charge in [-0.25, -0.2) is 0 Å². The van der Waals surface area contributed by atoms with Crippen LogP contribution in [-0.4, -0.2) is 10.9 Å². The van der Waals surface area contributed by atoms with Gasteiger partial charge < -0.3 is 4.74 Å². The topological polar surface area (TPSA) is 69.4 Å². The van der Waals surface area contributed by atoms with E-state index in [4.69, 9.17) is 4.74 Å². The smallest absolute Gasteiger partial charge is 0.302 e. The van der Waals surface area contributed by atoms with Crippen LogP contribution in [0.3, 0.4) is 0 Å². The zero-order valence-corrected chi connectivity index (χ0v) is 9.48. The predicted molar refractivity (Wildman–Crippen MR) is 56.3 cm³/mol. The molecular weight excluding hydrogens is 266 g/mol. The molecule has 80 valence electrons. The number of hydrogen-bond acceptors (Lipinski definition) is 4. The molecule has 1 rings (SSSR count). The quantitative estimate of drug-likeness (QED) is 0.482. The number of rotatable bonds is 3. The molecule has 0 heterocycles. The molecule has 0 aliphatic rings. The second-order valence-corrected chi connectivity index (χ2v) is 3.73. The van der Waals surface area contributed by atoms with Crippen LogP contribution in [0, 0.1) is 10.1 Å². The maximum Gasteiger partial charge on any atom is 0.302 e. The molecule has 15 heavy (non-hydrogen) atoms. The van der Waals surface area contributed by atoms with Crippen molar-refractivity contribution < 1.29 is 14.5 Å². The fourth-order valence-electron chi connectivity index (χ4n) is 1.01. The molecule has 1 aromatic carbocycles. The summed E-state index contributed by atoms with van der Waals surface area (Å²) in [5, 5.41) is 10.7. The van der Waals surface area contributed by atoms with Crippen molar-refractivity contribution >= 4 is 27.6 Å². The summed E-state index contributed by atoms with van der Waals surface area (Å²) < 4.78 is 5.31. The van der Waals surface area contributed by atoms with E-state index < -0.39 is 10.9 Å². The van der Waals surface area contributed by atoms with Gasteiger partial charge in [-0.05, 0) is 12.1 Å². The van der Waals surface area contributed by atoms with Gasteiger partial charge in [0.15, 0.2) is 0 Å². The van der Waals surface area contributed by atoms with E-state index in [0.29, 0.717) is 10.0 Å². The minimum atomic E-state index is -0.510. The first kappa shape index (κ1) is 11.6. The van der Waals surface area contributed by atoms with Crippen molar-refractivity contribution in [2.75, 3.05) is 0 Å². The second-order valence-electron chi connectivity index (χ2n) is 2.81. The number of benzene rings is 1. The number of nitro benzene ring substituents is 1. The normalized spacial score (nSPS) is 9.73. The number of carbonyl (C=O) groups is 1. The van der Waals surface area contributed by atoms with Crippen LogP contribution in [0.2, 0.25) is 0 Å². The zero-order valence-electron chi connectivity index (χ0n) is 7.90. The van der Waals surface area contributed by atoms with Crippen molar-refractivity contribution in [1.82, 2.24) is 0 Å². The van der Waals surface area contributed by atoms with Crippen LogP contribution < -0.4 is 0 Å². The molecule has 0 unspecified atom stereocenters. The highest BCUT2D eigenvalue weighted by molar-refractivity contribution is 9.10. The Morgan fingerprint density at radius 2 is 2.27 bits per heavy atom. The van der Waals surface area contributed by atoms with Gasteiger partial charge in [-0.15, -0.1) is 0 Å². The average molecular weight is 274 g/mol. The van der Waals surface area contributed by atoms with Crippen LogP contribution in [-0.2, 0) is 16.1 Å². The van der Waals surface area contributed by atoms with Crippen LogP contribution >= 0.6 is 15.9 Å². The molecule has 6 heteroatoms. The van der Waals surface area contributed by atoms with Crippen molar-refractivity contribution in [3.63, 3.8) is 0 Å². The lowest BCUT2D eigenvalue weighted by Crippen LogP contribution is -2.02. The van der Waals surface area contributed by atoms with Crippen LogP contribution in [0.5, 0.6) is 0 Å². The van der Waals surface area contributed by atoms with Gasteiger partial charge in [-0.3, -0.25) is 14.9 Å². The first-order valence-electron chi connectivity index (χ1n) is 4.07. The van der Waals surface area contributed by atoms with Crippen molar-refractivity contribution in [2.45, 2.75) is 13.5 Å². The molecule has 0 N–H and O–H groups in total. The standard InChI is InChI=1S/C9H8BrNO4/c1-6(12)15-5-7-2-3-8(10)4-9(7)11(13)14/h2-4H,5H2,1H3. The highest BCUT2D eigenvalue weighted by Crippen LogP contribution is 2.24. The Balaban J connectivity index is 2.95. The maximum absolute atomic E-state index is 10.7. The van der Waals surface area contributed by atoms with Gasteiger partial charge in [-0.2, -0.15) is 0 Å². The number of nitrogens with zero attached hydrogens (tertiary/aromatic N) is 1. The molecule has 0 saturated carbocycles. The Hall–Kier alpha value is -1.43. The second kappa shape index (κ2) is 4.88. The summed E-state index contributed by atoms with van der Waals surface area (Å²) in [7, 11) is 0. The molecule has 5 nitrogen and oxygen atoms in total. The SMILES string of the molecule is CC(=O)OCc1ccc(Br)cc1[N+](=O)[O-]. The van der Waals surface area contributed by atoms with E-state index in [9.17, 15) is 14.9 Å². The monoisotopic (exact) mass is 273 g/mol. The molecule has 1 aromatic rings. The van der Waals surface area contributed by atoms with Gasteiger partial charge in [0.1, 0.15) is 6.61 Å². The first-order valence-corrected chi connectivity index (χ1v) is 4.86.